The van der Waals surface area contributed by atoms with Crippen molar-refractivity contribution in [3.63, 3.8) is 0 Å². The van der Waals surface area contributed by atoms with Crippen molar-refractivity contribution in [2.45, 2.75) is 58.2 Å². The Balaban J connectivity index is 1.66. The first-order chi connectivity index (χ1) is 11.2. The molecular weight excluding hydrogens is 330 g/mol. The highest BCUT2D eigenvalue weighted by Gasteiger charge is 2.65. The molecule has 3 fully saturated rings. The van der Waals surface area contributed by atoms with Crippen LogP contribution in [0.5, 0.6) is 0 Å². The second-order valence-corrected chi connectivity index (χ2v) is 9.91. The van der Waals surface area contributed by atoms with Crippen LogP contribution in [0.1, 0.15) is 46.0 Å². The first-order valence-electron chi connectivity index (χ1n) is 8.87. The molecule has 0 aromatic rings. The van der Waals surface area contributed by atoms with E-state index in [0.717, 1.165) is 19.3 Å². The van der Waals surface area contributed by atoms with Gasteiger partial charge < -0.3 is 9.47 Å². The third kappa shape index (κ3) is 2.93. The number of hydrogen-bond acceptors (Lipinski definition) is 5. The molecule has 0 spiro atoms. The number of Topliss-reactive ketones (excluding diaryl/α,β-unsaturated/α-hetero) is 1. The summed E-state index contributed by atoms with van der Waals surface area (Å²) in [6, 6.07) is 0. The van der Waals surface area contributed by atoms with E-state index >= 15 is 0 Å². The number of sulfonamides is 1. The van der Waals surface area contributed by atoms with Crippen molar-refractivity contribution in [2.75, 3.05) is 26.0 Å². The van der Waals surface area contributed by atoms with Crippen LogP contribution in [0.4, 0.5) is 0 Å². The van der Waals surface area contributed by atoms with E-state index in [1.807, 2.05) is 0 Å². The number of nitrogens with one attached hydrogen (secondary N) is 1. The van der Waals surface area contributed by atoms with Gasteiger partial charge in [-0.15, -0.1) is 0 Å². The van der Waals surface area contributed by atoms with Gasteiger partial charge in [-0.2, -0.15) is 0 Å². The van der Waals surface area contributed by atoms with Crippen LogP contribution < -0.4 is 4.72 Å². The third-order valence-electron chi connectivity index (χ3n) is 6.76. The molecule has 1 aliphatic heterocycles. The highest BCUT2D eigenvalue weighted by molar-refractivity contribution is 7.89. The summed E-state index contributed by atoms with van der Waals surface area (Å²) < 4.78 is 39.0. The van der Waals surface area contributed by atoms with Gasteiger partial charge in [-0.3, -0.25) is 4.79 Å². The van der Waals surface area contributed by atoms with Crippen molar-refractivity contribution in [3.8, 4) is 0 Å². The fourth-order valence-electron chi connectivity index (χ4n) is 4.96. The lowest BCUT2D eigenvalue weighted by molar-refractivity contribution is -0.128. The van der Waals surface area contributed by atoms with Crippen LogP contribution in [-0.4, -0.2) is 52.4 Å². The smallest absolute Gasteiger partial charge is 0.212 e. The summed E-state index contributed by atoms with van der Waals surface area (Å²) in [4.78, 5) is 12.5. The molecule has 2 bridgehead atoms. The molecule has 6 nitrogen and oxygen atoms in total. The van der Waals surface area contributed by atoms with E-state index in [2.05, 4.69) is 18.6 Å². The summed E-state index contributed by atoms with van der Waals surface area (Å²) in [5.41, 5.74) is -0.968. The Morgan fingerprint density at radius 1 is 1.38 bits per heavy atom. The largest absolute Gasteiger partial charge is 0.377 e. The van der Waals surface area contributed by atoms with E-state index < -0.39 is 15.4 Å². The van der Waals surface area contributed by atoms with Crippen LogP contribution >= 0.6 is 0 Å². The van der Waals surface area contributed by atoms with Gasteiger partial charge in [0.05, 0.1) is 18.0 Å². The van der Waals surface area contributed by atoms with Crippen molar-refractivity contribution in [1.29, 1.82) is 0 Å². The van der Waals surface area contributed by atoms with Crippen molar-refractivity contribution in [3.05, 3.63) is 0 Å². The minimum Gasteiger partial charge on any atom is -0.377 e. The van der Waals surface area contributed by atoms with Gasteiger partial charge in [-0.25, -0.2) is 13.1 Å². The lowest BCUT2D eigenvalue weighted by atomic mass is 9.70. The van der Waals surface area contributed by atoms with E-state index in [1.54, 1.807) is 7.11 Å². The highest BCUT2D eigenvalue weighted by Crippen LogP contribution is 2.64. The molecular formula is C17H29NO5S. The maximum atomic E-state index is 12.7. The molecule has 0 aromatic heterocycles. The van der Waals surface area contributed by atoms with Gasteiger partial charge in [-0.05, 0) is 37.0 Å². The fourth-order valence-corrected chi connectivity index (χ4v) is 6.80. The molecule has 1 N–H and O–H groups in total. The van der Waals surface area contributed by atoms with E-state index in [-0.39, 0.29) is 35.7 Å². The van der Waals surface area contributed by atoms with Crippen LogP contribution in [0.25, 0.3) is 0 Å². The summed E-state index contributed by atoms with van der Waals surface area (Å²) >= 11 is 0. The zero-order valence-corrected chi connectivity index (χ0v) is 15.7. The molecule has 1 saturated heterocycles. The molecule has 0 radical (unpaired) electrons. The van der Waals surface area contributed by atoms with Gasteiger partial charge in [0, 0.05) is 32.1 Å². The number of ketones is 1. The second-order valence-electron chi connectivity index (χ2n) is 8.10. The summed E-state index contributed by atoms with van der Waals surface area (Å²) in [5, 5.41) is 0. The van der Waals surface area contributed by atoms with Crippen molar-refractivity contribution < 1.29 is 22.7 Å². The van der Waals surface area contributed by atoms with Crippen molar-refractivity contribution in [1.82, 2.24) is 4.72 Å². The van der Waals surface area contributed by atoms with E-state index in [9.17, 15) is 13.2 Å². The fraction of sp³-hybridized carbons (Fsp3) is 0.941. The summed E-state index contributed by atoms with van der Waals surface area (Å²) in [6.07, 6.45) is 3.68. The third-order valence-corrected chi connectivity index (χ3v) is 8.24. The van der Waals surface area contributed by atoms with Gasteiger partial charge in [0.2, 0.25) is 10.0 Å². The Bertz CT molecular complexity index is 596. The molecule has 1 heterocycles. The topological polar surface area (TPSA) is 81.7 Å². The molecule has 4 atom stereocenters. The first-order valence-corrected chi connectivity index (χ1v) is 10.5. The van der Waals surface area contributed by atoms with Crippen LogP contribution in [0.2, 0.25) is 0 Å². The second kappa shape index (κ2) is 6.34. The van der Waals surface area contributed by atoms with Crippen LogP contribution in [0.15, 0.2) is 0 Å². The predicted molar refractivity (Wildman–Crippen MR) is 90.1 cm³/mol. The Morgan fingerprint density at radius 2 is 2.12 bits per heavy atom. The molecule has 3 aliphatic rings. The van der Waals surface area contributed by atoms with Crippen molar-refractivity contribution in [2.24, 2.45) is 16.7 Å². The van der Waals surface area contributed by atoms with E-state index in [0.29, 0.717) is 25.4 Å². The average Bonchev–Trinajstić information content (AvgIpc) is 3.14. The maximum absolute atomic E-state index is 12.7. The number of carbonyl (C=O) groups excluding carboxylic acids is 1. The Labute approximate surface area is 144 Å². The van der Waals surface area contributed by atoms with Gasteiger partial charge in [0.15, 0.2) is 0 Å². The predicted octanol–water partition coefficient (Wildman–Crippen LogP) is 1.50. The zero-order chi connectivity index (χ0) is 17.6. The molecule has 7 heteroatoms. The lowest BCUT2D eigenvalue weighted by Crippen LogP contribution is -2.47. The normalized spacial score (nSPS) is 36.4. The van der Waals surface area contributed by atoms with Crippen molar-refractivity contribution >= 4 is 15.8 Å². The SMILES string of the molecule is COC(CNS(=O)(=O)CC12CCC(CC1=O)C2(C)C)C1CCCO1. The Hall–Kier alpha value is -0.500. The molecule has 4 unspecified atom stereocenters. The van der Waals surface area contributed by atoms with Crippen LogP contribution in [-0.2, 0) is 24.3 Å². The zero-order valence-electron chi connectivity index (χ0n) is 14.8. The van der Waals surface area contributed by atoms with Gasteiger partial charge in [-0.1, -0.05) is 13.8 Å². The van der Waals surface area contributed by atoms with E-state index in [4.69, 9.17) is 9.47 Å². The molecule has 138 valence electrons. The molecule has 2 saturated carbocycles. The molecule has 3 rings (SSSR count). The maximum Gasteiger partial charge on any atom is 0.212 e. The standard InChI is InChI=1S/C17H29NO5S/c1-16(2)12-6-7-17(16,15(19)9-12)11-24(20,21)18-10-14(22-3)13-5-4-8-23-13/h12-14,18H,4-11H2,1-3H3. The van der Waals surface area contributed by atoms with Gasteiger partial charge >= 0.3 is 0 Å². The number of carbonyl (C=O) groups is 1. The summed E-state index contributed by atoms with van der Waals surface area (Å²) in [6.45, 7) is 4.99. The minimum atomic E-state index is -3.55. The Morgan fingerprint density at radius 3 is 2.62 bits per heavy atom. The van der Waals surface area contributed by atoms with E-state index in [1.165, 1.54) is 0 Å². The number of hydrogen-bond donors (Lipinski definition) is 1. The highest BCUT2D eigenvalue weighted by atomic mass is 32.2. The summed E-state index contributed by atoms with van der Waals surface area (Å²) in [5.74, 6) is 0.333. The quantitative estimate of drug-likeness (QED) is 0.745. The van der Waals surface area contributed by atoms with Crippen LogP contribution in [0.3, 0.4) is 0 Å². The number of methoxy groups -OCH3 is 1. The number of fused-ring (bicyclic) bond motifs is 2. The Kier molecular flexibility index (Phi) is 4.83. The number of rotatable bonds is 7. The molecule has 0 amide bonds. The van der Waals surface area contributed by atoms with Gasteiger partial charge in [0.25, 0.3) is 0 Å². The average molecular weight is 359 g/mol. The molecule has 0 aromatic carbocycles. The summed E-state index contributed by atoms with van der Waals surface area (Å²) in [7, 11) is -1.98. The first kappa shape index (κ1) is 18.3. The lowest BCUT2D eigenvalue weighted by Gasteiger charge is -2.36. The van der Waals surface area contributed by atoms with Crippen LogP contribution in [0, 0.1) is 16.7 Å². The molecule has 24 heavy (non-hydrogen) atoms. The van der Waals surface area contributed by atoms with Gasteiger partial charge in [0.1, 0.15) is 5.78 Å². The molecule has 2 aliphatic carbocycles. The number of ether oxygens (including phenoxy) is 2. The minimum absolute atomic E-state index is 0.0590. The monoisotopic (exact) mass is 359 g/mol.